The molecule has 2 N–H and O–H groups in total. The number of phenolic OH excluding ortho intramolecular Hbond substituents is 1. The number of aliphatic carboxylic acids is 1. The van der Waals surface area contributed by atoms with Crippen LogP contribution in [0.2, 0.25) is 0 Å². The molecule has 0 radical (unpaired) electrons. The first-order valence-corrected chi connectivity index (χ1v) is 6.87. The van der Waals surface area contributed by atoms with Crippen LogP contribution in [0, 0.1) is 0 Å². The van der Waals surface area contributed by atoms with E-state index in [9.17, 15) is 14.7 Å². The maximum atomic E-state index is 12.5. The zero-order valence-corrected chi connectivity index (χ0v) is 12.2. The fraction of sp³-hybridized carbons (Fsp3) is 0.385. The number of carboxylic acids is 1. The summed E-state index contributed by atoms with van der Waals surface area (Å²) in [7, 11) is 0. The summed E-state index contributed by atoms with van der Waals surface area (Å²) >= 11 is 3.24. The number of carboxylic acid groups (broad SMARTS) is 1. The van der Waals surface area contributed by atoms with Crippen molar-refractivity contribution in [2.75, 3.05) is 19.8 Å². The van der Waals surface area contributed by atoms with Crippen LogP contribution in [0.4, 0.5) is 0 Å². The van der Waals surface area contributed by atoms with Crippen molar-refractivity contribution in [2.24, 2.45) is 0 Å². The number of rotatable bonds is 3. The summed E-state index contributed by atoms with van der Waals surface area (Å²) < 4.78 is 5.89. The molecule has 1 unspecified atom stereocenters. The molecule has 1 aliphatic heterocycles. The Labute approximate surface area is 124 Å². The van der Waals surface area contributed by atoms with Crippen LogP contribution in [0.5, 0.6) is 5.75 Å². The van der Waals surface area contributed by atoms with Gasteiger partial charge in [-0.05, 0) is 18.2 Å². The molecule has 1 saturated heterocycles. The van der Waals surface area contributed by atoms with Crippen LogP contribution in [0.15, 0.2) is 22.7 Å². The molecule has 0 aliphatic carbocycles. The number of ether oxygens (including phenoxy) is 1. The third kappa shape index (κ3) is 3.29. The molecule has 1 aromatic carbocycles. The van der Waals surface area contributed by atoms with Gasteiger partial charge in [0, 0.05) is 11.0 Å². The molecular weight excluding hydrogens is 330 g/mol. The average molecular weight is 344 g/mol. The van der Waals surface area contributed by atoms with Crippen molar-refractivity contribution in [3.63, 3.8) is 0 Å². The summed E-state index contributed by atoms with van der Waals surface area (Å²) in [4.78, 5) is 24.7. The second-order valence-electron chi connectivity index (χ2n) is 4.49. The van der Waals surface area contributed by atoms with Gasteiger partial charge >= 0.3 is 5.97 Å². The predicted molar refractivity (Wildman–Crippen MR) is 73.7 cm³/mol. The molecule has 108 valence electrons. The third-order valence-corrected chi connectivity index (χ3v) is 3.58. The van der Waals surface area contributed by atoms with Gasteiger partial charge in [-0.25, -0.2) is 0 Å². The van der Waals surface area contributed by atoms with E-state index in [2.05, 4.69) is 15.9 Å². The van der Waals surface area contributed by atoms with E-state index in [1.165, 1.54) is 17.0 Å². The van der Waals surface area contributed by atoms with Gasteiger partial charge in [0.1, 0.15) is 5.75 Å². The number of amides is 1. The summed E-state index contributed by atoms with van der Waals surface area (Å²) in [5.41, 5.74) is 0.150. The maximum absolute atomic E-state index is 12.5. The van der Waals surface area contributed by atoms with Crippen molar-refractivity contribution < 1.29 is 24.5 Å². The lowest BCUT2D eigenvalue weighted by atomic mass is 10.1. The number of aromatic hydroxyl groups is 1. The van der Waals surface area contributed by atoms with Gasteiger partial charge in [0.15, 0.2) is 0 Å². The van der Waals surface area contributed by atoms with Crippen molar-refractivity contribution in [1.82, 2.24) is 4.90 Å². The Balaban J connectivity index is 2.25. The Morgan fingerprint density at radius 1 is 1.45 bits per heavy atom. The van der Waals surface area contributed by atoms with Crippen molar-refractivity contribution in [1.29, 1.82) is 0 Å². The van der Waals surface area contributed by atoms with Gasteiger partial charge in [0.05, 0.1) is 31.2 Å². The van der Waals surface area contributed by atoms with Crippen LogP contribution < -0.4 is 0 Å². The van der Waals surface area contributed by atoms with E-state index in [0.29, 0.717) is 17.6 Å². The Kier molecular flexibility index (Phi) is 4.61. The largest absolute Gasteiger partial charge is 0.507 e. The molecule has 1 atom stereocenters. The number of halogens is 1. The van der Waals surface area contributed by atoms with Gasteiger partial charge in [-0.1, -0.05) is 15.9 Å². The molecule has 1 heterocycles. The van der Waals surface area contributed by atoms with E-state index in [-0.39, 0.29) is 24.3 Å². The average Bonchev–Trinajstić information content (AvgIpc) is 2.41. The summed E-state index contributed by atoms with van der Waals surface area (Å²) in [6.07, 6.45) is -0.180. The second-order valence-corrected chi connectivity index (χ2v) is 5.40. The smallest absolute Gasteiger partial charge is 0.305 e. The van der Waals surface area contributed by atoms with Crippen molar-refractivity contribution in [2.45, 2.75) is 12.5 Å². The highest BCUT2D eigenvalue weighted by molar-refractivity contribution is 9.10. The number of carbonyl (C=O) groups excluding carboxylic acids is 1. The van der Waals surface area contributed by atoms with E-state index in [4.69, 9.17) is 9.84 Å². The fourth-order valence-corrected chi connectivity index (χ4v) is 2.49. The molecule has 0 bridgehead atoms. The number of morpholine rings is 1. The Hall–Kier alpha value is -1.60. The third-order valence-electron chi connectivity index (χ3n) is 3.09. The first-order chi connectivity index (χ1) is 9.49. The van der Waals surface area contributed by atoms with E-state index in [1.807, 2.05) is 0 Å². The molecule has 1 fully saturated rings. The van der Waals surface area contributed by atoms with Gasteiger partial charge < -0.3 is 19.8 Å². The number of benzene rings is 1. The monoisotopic (exact) mass is 343 g/mol. The van der Waals surface area contributed by atoms with Crippen molar-refractivity contribution in [3.05, 3.63) is 28.2 Å². The maximum Gasteiger partial charge on any atom is 0.305 e. The minimum Gasteiger partial charge on any atom is -0.507 e. The normalized spacial score (nSPS) is 18.9. The zero-order valence-electron chi connectivity index (χ0n) is 10.6. The zero-order chi connectivity index (χ0) is 14.7. The van der Waals surface area contributed by atoms with Crippen LogP contribution in [-0.4, -0.2) is 52.8 Å². The number of hydrogen-bond donors (Lipinski definition) is 2. The molecule has 0 aromatic heterocycles. The quantitative estimate of drug-likeness (QED) is 0.867. The first-order valence-electron chi connectivity index (χ1n) is 6.08. The molecule has 0 spiro atoms. The van der Waals surface area contributed by atoms with E-state index in [1.54, 1.807) is 6.07 Å². The summed E-state index contributed by atoms with van der Waals surface area (Å²) in [6, 6.07) is 4.04. The molecule has 20 heavy (non-hydrogen) atoms. The Morgan fingerprint density at radius 2 is 2.20 bits per heavy atom. The second kappa shape index (κ2) is 6.23. The summed E-state index contributed by atoms with van der Waals surface area (Å²) in [5, 5.41) is 18.7. The minimum absolute atomic E-state index is 0.126. The molecular formula is C13H14BrNO5. The Bertz CT molecular complexity index is 533. The highest BCUT2D eigenvalue weighted by Gasteiger charge is 2.30. The first kappa shape index (κ1) is 14.8. The lowest BCUT2D eigenvalue weighted by Gasteiger charge is -2.35. The molecule has 7 heteroatoms. The molecule has 1 aromatic rings. The topological polar surface area (TPSA) is 87.1 Å². The van der Waals surface area contributed by atoms with Crippen LogP contribution in [0.25, 0.3) is 0 Å². The minimum atomic E-state index is -0.989. The highest BCUT2D eigenvalue weighted by atomic mass is 79.9. The highest BCUT2D eigenvalue weighted by Crippen LogP contribution is 2.25. The molecule has 1 aliphatic rings. The molecule has 6 nitrogen and oxygen atoms in total. The van der Waals surface area contributed by atoms with E-state index in [0.717, 1.165) is 0 Å². The van der Waals surface area contributed by atoms with Crippen molar-refractivity contribution in [3.8, 4) is 5.75 Å². The summed E-state index contributed by atoms with van der Waals surface area (Å²) in [6.45, 7) is 0.853. The van der Waals surface area contributed by atoms with Crippen LogP contribution in [0.3, 0.4) is 0 Å². The van der Waals surface area contributed by atoms with Crippen LogP contribution >= 0.6 is 15.9 Å². The van der Waals surface area contributed by atoms with Crippen LogP contribution in [-0.2, 0) is 9.53 Å². The predicted octanol–water partition coefficient (Wildman–Crippen LogP) is 1.47. The van der Waals surface area contributed by atoms with Gasteiger partial charge in [-0.15, -0.1) is 0 Å². The van der Waals surface area contributed by atoms with Crippen LogP contribution in [0.1, 0.15) is 16.8 Å². The van der Waals surface area contributed by atoms with Gasteiger partial charge in [-0.2, -0.15) is 0 Å². The van der Waals surface area contributed by atoms with Gasteiger partial charge in [0.2, 0.25) is 0 Å². The van der Waals surface area contributed by atoms with Gasteiger partial charge in [0.25, 0.3) is 5.91 Å². The molecule has 2 rings (SSSR count). The lowest BCUT2D eigenvalue weighted by molar-refractivity contribution is -0.139. The van der Waals surface area contributed by atoms with Gasteiger partial charge in [-0.3, -0.25) is 9.59 Å². The molecule has 0 saturated carbocycles. The number of phenols is 1. The lowest BCUT2D eigenvalue weighted by Crippen LogP contribution is -2.49. The SMILES string of the molecule is O=C(O)CC1COCCN1C(=O)c1cc(Br)ccc1O. The fourth-order valence-electron chi connectivity index (χ4n) is 2.13. The van der Waals surface area contributed by atoms with E-state index < -0.39 is 17.9 Å². The van der Waals surface area contributed by atoms with Crippen molar-refractivity contribution >= 4 is 27.8 Å². The molecule has 1 amide bonds. The number of hydrogen-bond acceptors (Lipinski definition) is 4. The Morgan fingerprint density at radius 3 is 2.90 bits per heavy atom. The standard InChI is InChI=1S/C13H14BrNO5/c14-8-1-2-11(16)10(5-8)13(19)15-3-4-20-7-9(15)6-12(17)18/h1-2,5,9,16H,3-4,6-7H2,(H,17,18). The van der Waals surface area contributed by atoms with E-state index >= 15 is 0 Å². The summed E-state index contributed by atoms with van der Waals surface area (Å²) in [5.74, 6) is -1.51. The number of carbonyl (C=O) groups is 2. The number of nitrogens with zero attached hydrogens (tertiary/aromatic N) is 1.